The minimum atomic E-state index is -4.59. The fraction of sp³-hybridized carbons (Fsp3) is 0.350. The van der Waals surface area contributed by atoms with Crippen LogP contribution in [0.2, 0.25) is 0 Å². The molecular weight excluding hydrogens is 377 g/mol. The maximum absolute atomic E-state index is 13.3. The van der Waals surface area contributed by atoms with E-state index in [-0.39, 0.29) is 6.04 Å². The molecule has 0 aromatic heterocycles. The van der Waals surface area contributed by atoms with Crippen molar-refractivity contribution in [2.75, 3.05) is 18.4 Å². The van der Waals surface area contributed by atoms with Gasteiger partial charge in [0.25, 0.3) is 0 Å². The Kier molecular flexibility index (Phi) is 5.84. The van der Waals surface area contributed by atoms with E-state index in [1.807, 2.05) is 0 Å². The second-order valence-electron chi connectivity index (χ2n) is 6.81. The zero-order valence-corrected chi connectivity index (χ0v) is 14.9. The number of piperidine rings is 1. The molecule has 0 bridgehead atoms. The number of nitriles is 1. The van der Waals surface area contributed by atoms with Gasteiger partial charge in [-0.15, -0.1) is 0 Å². The van der Waals surface area contributed by atoms with Gasteiger partial charge in [0.1, 0.15) is 0 Å². The number of halogens is 5. The van der Waals surface area contributed by atoms with Gasteiger partial charge in [-0.25, -0.2) is 8.78 Å². The van der Waals surface area contributed by atoms with E-state index in [1.165, 1.54) is 24.3 Å². The van der Waals surface area contributed by atoms with E-state index in [0.29, 0.717) is 43.7 Å². The van der Waals surface area contributed by atoms with Gasteiger partial charge in [0, 0.05) is 31.4 Å². The molecule has 1 N–H and O–H groups in total. The smallest absolute Gasteiger partial charge is 0.382 e. The molecule has 2 aromatic carbocycles. The van der Waals surface area contributed by atoms with Crippen LogP contribution in [0.1, 0.15) is 29.5 Å². The van der Waals surface area contributed by atoms with Crippen molar-refractivity contribution in [3.63, 3.8) is 0 Å². The number of likely N-dealkylation sites (tertiary alicyclic amines) is 1. The van der Waals surface area contributed by atoms with Crippen LogP contribution in [0.5, 0.6) is 0 Å². The quantitative estimate of drug-likeness (QED) is 0.746. The first-order valence-corrected chi connectivity index (χ1v) is 8.80. The van der Waals surface area contributed by atoms with Gasteiger partial charge in [-0.1, -0.05) is 6.07 Å². The van der Waals surface area contributed by atoms with Crippen LogP contribution in [0, 0.1) is 23.0 Å². The lowest BCUT2D eigenvalue weighted by Gasteiger charge is -2.33. The van der Waals surface area contributed by atoms with Gasteiger partial charge in [-0.2, -0.15) is 18.4 Å². The molecule has 0 atom stereocenters. The van der Waals surface area contributed by atoms with Crippen molar-refractivity contribution < 1.29 is 22.0 Å². The molecule has 1 heterocycles. The highest BCUT2D eigenvalue weighted by Gasteiger charge is 2.34. The molecule has 148 valence electrons. The summed E-state index contributed by atoms with van der Waals surface area (Å²) in [7, 11) is 0. The normalized spacial score (nSPS) is 16.0. The lowest BCUT2D eigenvalue weighted by molar-refractivity contribution is -0.137. The second kappa shape index (κ2) is 8.15. The highest BCUT2D eigenvalue weighted by molar-refractivity contribution is 5.53. The Hall–Kier alpha value is -2.66. The number of nitrogens with one attached hydrogen (secondary N) is 1. The summed E-state index contributed by atoms with van der Waals surface area (Å²) in [4.78, 5) is 2.09. The van der Waals surface area contributed by atoms with E-state index in [9.17, 15) is 22.0 Å². The van der Waals surface area contributed by atoms with E-state index >= 15 is 0 Å². The largest absolute Gasteiger partial charge is 0.417 e. The predicted molar refractivity (Wildman–Crippen MR) is 94.4 cm³/mol. The van der Waals surface area contributed by atoms with Crippen LogP contribution in [0.25, 0.3) is 0 Å². The monoisotopic (exact) mass is 395 g/mol. The Labute approximate surface area is 159 Å². The van der Waals surface area contributed by atoms with E-state index in [4.69, 9.17) is 5.26 Å². The maximum Gasteiger partial charge on any atom is 0.417 e. The van der Waals surface area contributed by atoms with E-state index < -0.39 is 28.9 Å². The second-order valence-corrected chi connectivity index (χ2v) is 6.81. The third-order valence-corrected chi connectivity index (χ3v) is 4.79. The Balaban J connectivity index is 1.58. The molecule has 0 spiro atoms. The summed E-state index contributed by atoms with van der Waals surface area (Å²) in [5.74, 6) is -1.76. The summed E-state index contributed by atoms with van der Waals surface area (Å²) in [6.45, 7) is 1.84. The molecule has 0 amide bonds. The van der Waals surface area contributed by atoms with Crippen LogP contribution in [-0.2, 0) is 12.7 Å². The molecule has 3 nitrogen and oxygen atoms in total. The Morgan fingerprint density at radius 1 is 1.04 bits per heavy atom. The first-order chi connectivity index (χ1) is 13.3. The molecule has 3 rings (SSSR count). The molecule has 0 saturated carbocycles. The summed E-state index contributed by atoms with van der Waals surface area (Å²) in [6.07, 6.45) is -3.19. The molecule has 0 radical (unpaired) electrons. The zero-order chi connectivity index (χ0) is 20.3. The van der Waals surface area contributed by atoms with Crippen molar-refractivity contribution in [2.45, 2.75) is 31.6 Å². The van der Waals surface area contributed by atoms with Gasteiger partial charge in [-0.05, 0) is 48.7 Å². The first kappa shape index (κ1) is 20.1. The number of rotatable bonds is 4. The number of alkyl halides is 3. The fourth-order valence-electron chi connectivity index (χ4n) is 3.33. The topological polar surface area (TPSA) is 39.1 Å². The first-order valence-electron chi connectivity index (χ1n) is 8.80. The molecule has 1 fully saturated rings. The average molecular weight is 395 g/mol. The predicted octanol–water partition coefficient (Wildman–Crippen LogP) is 4.93. The van der Waals surface area contributed by atoms with E-state index in [2.05, 4.69) is 10.2 Å². The van der Waals surface area contributed by atoms with Gasteiger partial charge in [0.05, 0.1) is 17.2 Å². The number of benzene rings is 2. The summed E-state index contributed by atoms with van der Waals surface area (Å²) < 4.78 is 65.5. The SMILES string of the molecule is N#Cc1ccc(NC2CCN(Cc3ccc(F)c(F)c3)CC2)cc1C(F)(F)F. The Bertz CT molecular complexity index is 880. The van der Waals surface area contributed by atoms with Crippen molar-refractivity contribution in [1.29, 1.82) is 5.26 Å². The average Bonchev–Trinajstić information content (AvgIpc) is 2.65. The highest BCUT2D eigenvalue weighted by atomic mass is 19.4. The molecule has 28 heavy (non-hydrogen) atoms. The van der Waals surface area contributed by atoms with Crippen LogP contribution in [-0.4, -0.2) is 24.0 Å². The molecule has 1 aliphatic rings. The minimum Gasteiger partial charge on any atom is -0.382 e. The van der Waals surface area contributed by atoms with Crippen LogP contribution in [0.3, 0.4) is 0 Å². The van der Waals surface area contributed by atoms with Crippen molar-refractivity contribution in [1.82, 2.24) is 4.90 Å². The molecule has 1 aliphatic heterocycles. The van der Waals surface area contributed by atoms with Gasteiger partial charge in [0.2, 0.25) is 0 Å². The number of hydrogen-bond acceptors (Lipinski definition) is 3. The van der Waals surface area contributed by atoms with Crippen molar-refractivity contribution in [3.05, 3.63) is 64.7 Å². The van der Waals surface area contributed by atoms with Crippen LogP contribution in [0.4, 0.5) is 27.6 Å². The standard InChI is InChI=1S/C20H18F5N3/c21-18-4-1-13(9-19(18)22)12-28-7-5-15(6-8-28)27-16-3-2-14(11-26)17(10-16)20(23,24)25/h1-4,9-10,15,27H,5-8,12H2. The van der Waals surface area contributed by atoms with Crippen LogP contribution < -0.4 is 5.32 Å². The van der Waals surface area contributed by atoms with Gasteiger partial charge < -0.3 is 5.32 Å². The lowest BCUT2D eigenvalue weighted by atomic mass is 10.0. The fourth-order valence-corrected chi connectivity index (χ4v) is 3.33. The maximum atomic E-state index is 13.3. The molecule has 0 unspecified atom stereocenters. The van der Waals surface area contributed by atoms with Crippen molar-refractivity contribution in [3.8, 4) is 6.07 Å². The summed E-state index contributed by atoms with van der Waals surface area (Å²) in [5, 5.41) is 12.0. The molecule has 0 aliphatic carbocycles. The van der Waals surface area contributed by atoms with Gasteiger partial charge in [0.15, 0.2) is 11.6 Å². The van der Waals surface area contributed by atoms with Gasteiger partial charge >= 0.3 is 6.18 Å². The summed E-state index contributed by atoms with van der Waals surface area (Å²) >= 11 is 0. The van der Waals surface area contributed by atoms with E-state index in [1.54, 1.807) is 6.07 Å². The zero-order valence-electron chi connectivity index (χ0n) is 14.9. The highest BCUT2D eigenvalue weighted by Crippen LogP contribution is 2.34. The number of anilines is 1. The summed E-state index contributed by atoms with van der Waals surface area (Å²) in [5.41, 5.74) is -0.354. The van der Waals surface area contributed by atoms with Crippen LogP contribution in [0.15, 0.2) is 36.4 Å². The Morgan fingerprint density at radius 3 is 2.36 bits per heavy atom. The minimum absolute atomic E-state index is 0.00442. The van der Waals surface area contributed by atoms with E-state index in [0.717, 1.165) is 12.1 Å². The number of hydrogen-bond donors (Lipinski definition) is 1. The van der Waals surface area contributed by atoms with Crippen LogP contribution >= 0.6 is 0 Å². The molecular formula is C20H18F5N3. The molecule has 2 aromatic rings. The van der Waals surface area contributed by atoms with Crippen molar-refractivity contribution in [2.24, 2.45) is 0 Å². The number of nitrogens with zero attached hydrogens (tertiary/aromatic N) is 2. The lowest BCUT2D eigenvalue weighted by Crippen LogP contribution is -2.38. The van der Waals surface area contributed by atoms with Gasteiger partial charge in [-0.3, -0.25) is 4.90 Å². The third kappa shape index (κ3) is 4.78. The summed E-state index contributed by atoms with van der Waals surface area (Å²) in [6, 6.07) is 8.98. The molecule has 1 saturated heterocycles. The van der Waals surface area contributed by atoms with Crippen molar-refractivity contribution >= 4 is 5.69 Å². The Morgan fingerprint density at radius 2 is 1.75 bits per heavy atom. The third-order valence-electron chi connectivity index (χ3n) is 4.79. The molecule has 8 heteroatoms.